The Morgan fingerprint density at radius 2 is 0.800 bits per heavy atom. The van der Waals surface area contributed by atoms with E-state index in [-0.39, 0.29) is 0 Å². The van der Waals surface area contributed by atoms with E-state index in [9.17, 15) is 0 Å². The van der Waals surface area contributed by atoms with Gasteiger partial charge in [-0.15, -0.1) is 0 Å². The summed E-state index contributed by atoms with van der Waals surface area (Å²) >= 11 is 0. The number of nitrogens with zero attached hydrogens (tertiary/aromatic N) is 4. The molecule has 0 unspecified atom stereocenters. The van der Waals surface area contributed by atoms with Gasteiger partial charge in [0.05, 0.1) is 5.39 Å². The highest BCUT2D eigenvalue weighted by molar-refractivity contribution is 6.14. The molecule has 0 bridgehead atoms. The molecule has 0 aliphatic carbocycles. The smallest absolute Gasteiger partial charge is 0.228 e. The van der Waals surface area contributed by atoms with Crippen molar-refractivity contribution in [1.29, 1.82) is 0 Å². The fraction of sp³-hybridized carbons (Fsp3) is 0. The molecule has 10 aromatic rings. The Bertz CT molecular complexity index is 2940. The van der Waals surface area contributed by atoms with Crippen LogP contribution in [-0.4, -0.2) is 19.9 Å². The van der Waals surface area contributed by atoms with E-state index in [4.69, 9.17) is 24.4 Å². The molecule has 3 heterocycles. The van der Waals surface area contributed by atoms with E-state index in [1.54, 1.807) is 6.20 Å². The van der Waals surface area contributed by atoms with Crippen molar-refractivity contribution in [3.63, 3.8) is 0 Å². The molecule has 0 saturated heterocycles. The number of para-hydroxylation sites is 1. The standard InChI is InChI=1S/C50H32N4O/c1-4-12-33(13-5-1)36-22-26-38(27-23-36)42-20-11-21-43-45-44(30-31-51-50(45)55-46(42)43)49-53-47(39-28-24-37(25-29-39)34-14-6-2-7-15-34)52-48(54-49)41-19-10-18-40(32-41)35-16-8-3-9-17-35/h1-32H. The first kappa shape index (κ1) is 32.2. The van der Waals surface area contributed by atoms with E-state index < -0.39 is 0 Å². The predicted octanol–water partition coefficient (Wildman–Crippen LogP) is 12.8. The number of hydrogen-bond acceptors (Lipinski definition) is 5. The summed E-state index contributed by atoms with van der Waals surface area (Å²) in [5, 5.41) is 1.81. The zero-order valence-corrected chi connectivity index (χ0v) is 29.7. The van der Waals surface area contributed by atoms with Crippen molar-refractivity contribution in [2.75, 3.05) is 0 Å². The Hall–Kier alpha value is -7.50. The van der Waals surface area contributed by atoms with Gasteiger partial charge in [0.1, 0.15) is 5.58 Å². The fourth-order valence-electron chi connectivity index (χ4n) is 7.27. The lowest BCUT2D eigenvalue weighted by atomic mass is 9.98. The van der Waals surface area contributed by atoms with Gasteiger partial charge >= 0.3 is 0 Å². The van der Waals surface area contributed by atoms with E-state index in [2.05, 4.69) is 164 Å². The van der Waals surface area contributed by atoms with Crippen LogP contribution < -0.4 is 0 Å². The minimum Gasteiger partial charge on any atom is -0.437 e. The normalized spacial score (nSPS) is 11.3. The van der Waals surface area contributed by atoms with Crippen LogP contribution in [0.15, 0.2) is 199 Å². The van der Waals surface area contributed by atoms with Gasteiger partial charge in [0, 0.05) is 33.8 Å². The first-order chi connectivity index (χ1) is 27.2. The molecule has 10 rings (SSSR count). The van der Waals surface area contributed by atoms with Crippen LogP contribution in [0.25, 0.3) is 101 Å². The van der Waals surface area contributed by atoms with Gasteiger partial charge < -0.3 is 4.42 Å². The van der Waals surface area contributed by atoms with Gasteiger partial charge in [-0.25, -0.2) is 19.9 Å². The molecule has 258 valence electrons. The van der Waals surface area contributed by atoms with Gasteiger partial charge in [0.15, 0.2) is 17.5 Å². The maximum absolute atomic E-state index is 6.58. The van der Waals surface area contributed by atoms with Crippen molar-refractivity contribution in [1.82, 2.24) is 19.9 Å². The number of furan rings is 1. The van der Waals surface area contributed by atoms with Gasteiger partial charge in [0.2, 0.25) is 5.71 Å². The summed E-state index contributed by atoms with van der Waals surface area (Å²) in [6.45, 7) is 0. The van der Waals surface area contributed by atoms with Crippen LogP contribution in [0, 0.1) is 0 Å². The molecule has 55 heavy (non-hydrogen) atoms. The second-order valence-corrected chi connectivity index (χ2v) is 13.5. The maximum Gasteiger partial charge on any atom is 0.228 e. The molecule has 0 aliphatic rings. The molecule has 5 nitrogen and oxygen atoms in total. The molecule has 0 fully saturated rings. The molecule has 5 heteroatoms. The number of fused-ring (bicyclic) bond motifs is 3. The summed E-state index contributed by atoms with van der Waals surface area (Å²) in [4.78, 5) is 20.1. The summed E-state index contributed by atoms with van der Waals surface area (Å²) in [6.07, 6.45) is 1.77. The molecule has 7 aromatic carbocycles. The maximum atomic E-state index is 6.58. The second-order valence-electron chi connectivity index (χ2n) is 13.5. The number of rotatable bonds is 7. The van der Waals surface area contributed by atoms with Crippen molar-refractivity contribution in [3.8, 4) is 78.7 Å². The molecule has 0 radical (unpaired) electrons. The summed E-state index contributed by atoms with van der Waals surface area (Å²) in [7, 11) is 0. The van der Waals surface area contributed by atoms with Crippen LogP contribution in [0.2, 0.25) is 0 Å². The van der Waals surface area contributed by atoms with Crippen LogP contribution in [0.1, 0.15) is 0 Å². The van der Waals surface area contributed by atoms with E-state index >= 15 is 0 Å². The first-order valence-electron chi connectivity index (χ1n) is 18.3. The van der Waals surface area contributed by atoms with Gasteiger partial charge in [0.25, 0.3) is 0 Å². The Balaban J connectivity index is 1.12. The van der Waals surface area contributed by atoms with E-state index in [1.807, 2.05) is 24.3 Å². The molecular weight excluding hydrogens is 673 g/mol. The molecule has 0 N–H and O–H groups in total. The van der Waals surface area contributed by atoms with Crippen LogP contribution in [0.5, 0.6) is 0 Å². The highest BCUT2D eigenvalue weighted by atomic mass is 16.3. The SMILES string of the molecule is c1ccc(-c2ccc(-c3nc(-c4cccc(-c5ccccc5)c4)nc(-c4ccnc5oc6c(-c7ccc(-c8ccccc8)cc7)cccc6c45)n3)cc2)cc1. The monoisotopic (exact) mass is 704 g/mol. The average molecular weight is 705 g/mol. The van der Waals surface area contributed by atoms with Crippen LogP contribution in [-0.2, 0) is 0 Å². The predicted molar refractivity (Wildman–Crippen MR) is 223 cm³/mol. The largest absolute Gasteiger partial charge is 0.437 e. The zero-order chi connectivity index (χ0) is 36.6. The second kappa shape index (κ2) is 13.8. The van der Waals surface area contributed by atoms with Crippen molar-refractivity contribution in [3.05, 3.63) is 194 Å². The summed E-state index contributed by atoms with van der Waals surface area (Å²) in [6, 6.07) is 64.7. The van der Waals surface area contributed by atoms with Crippen LogP contribution in [0.4, 0.5) is 0 Å². The Morgan fingerprint density at radius 1 is 0.327 bits per heavy atom. The van der Waals surface area contributed by atoms with Gasteiger partial charge in [-0.2, -0.15) is 0 Å². The van der Waals surface area contributed by atoms with Crippen molar-refractivity contribution < 1.29 is 4.42 Å². The van der Waals surface area contributed by atoms with Crippen molar-refractivity contribution in [2.24, 2.45) is 0 Å². The highest BCUT2D eigenvalue weighted by Gasteiger charge is 2.20. The zero-order valence-electron chi connectivity index (χ0n) is 29.7. The molecule has 0 saturated carbocycles. The third-order valence-corrected chi connectivity index (χ3v) is 10.1. The molecule has 0 amide bonds. The van der Waals surface area contributed by atoms with Crippen molar-refractivity contribution in [2.45, 2.75) is 0 Å². The topological polar surface area (TPSA) is 64.7 Å². The molecule has 0 spiro atoms. The minimum absolute atomic E-state index is 0.530. The lowest BCUT2D eigenvalue weighted by Crippen LogP contribution is -2.01. The molecule has 0 atom stereocenters. The molecule has 0 aliphatic heterocycles. The summed E-state index contributed by atoms with van der Waals surface area (Å²) < 4.78 is 6.58. The first-order valence-corrected chi connectivity index (χ1v) is 18.3. The van der Waals surface area contributed by atoms with Crippen molar-refractivity contribution >= 4 is 22.1 Å². The number of aromatic nitrogens is 4. The van der Waals surface area contributed by atoms with E-state index in [1.165, 1.54) is 5.56 Å². The fourth-order valence-corrected chi connectivity index (χ4v) is 7.27. The summed E-state index contributed by atoms with van der Waals surface area (Å²) in [5.41, 5.74) is 12.8. The Kier molecular flexibility index (Phi) is 8.08. The van der Waals surface area contributed by atoms with Gasteiger partial charge in [-0.1, -0.05) is 176 Å². The van der Waals surface area contributed by atoms with Gasteiger partial charge in [-0.3, -0.25) is 0 Å². The summed E-state index contributed by atoms with van der Waals surface area (Å²) in [5.74, 6) is 1.72. The number of pyridine rings is 1. The lowest BCUT2D eigenvalue weighted by molar-refractivity contribution is 0.655. The van der Waals surface area contributed by atoms with E-state index in [0.29, 0.717) is 23.2 Å². The van der Waals surface area contributed by atoms with E-state index in [0.717, 1.165) is 72.0 Å². The number of hydrogen-bond donors (Lipinski definition) is 0. The Morgan fingerprint density at radius 3 is 1.44 bits per heavy atom. The van der Waals surface area contributed by atoms with Crippen LogP contribution >= 0.6 is 0 Å². The third kappa shape index (κ3) is 6.14. The van der Waals surface area contributed by atoms with Gasteiger partial charge in [-0.05, 0) is 51.1 Å². The Labute approximate surface area is 318 Å². The van der Waals surface area contributed by atoms with Crippen LogP contribution in [0.3, 0.4) is 0 Å². The molecule has 3 aromatic heterocycles. The molecular formula is C50H32N4O. The quantitative estimate of drug-likeness (QED) is 0.165. The minimum atomic E-state index is 0.530. The highest BCUT2D eigenvalue weighted by Crippen LogP contribution is 2.40. The third-order valence-electron chi connectivity index (χ3n) is 10.1. The lowest BCUT2D eigenvalue weighted by Gasteiger charge is -2.11. The average Bonchev–Trinajstić information content (AvgIpc) is 3.67. The number of benzene rings is 7.